The van der Waals surface area contributed by atoms with Gasteiger partial charge >= 0.3 is 5.97 Å². The Morgan fingerprint density at radius 1 is 1.10 bits per heavy atom. The summed E-state index contributed by atoms with van der Waals surface area (Å²) in [5.41, 5.74) is 4.85. The number of esters is 1. The lowest BCUT2D eigenvalue weighted by molar-refractivity contribution is -0.166. The molecule has 0 saturated heterocycles. The van der Waals surface area contributed by atoms with Gasteiger partial charge in [-0.3, -0.25) is 4.98 Å². The number of hydrogen-bond acceptors (Lipinski definition) is 4. The number of halogens is 1. The largest absolute Gasteiger partial charge is 0.464 e. The summed E-state index contributed by atoms with van der Waals surface area (Å²) in [7, 11) is 0. The number of rotatable bonds is 5. The monoisotopic (exact) mass is 425 g/mol. The average molecular weight is 426 g/mol. The summed E-state index contributed by atoms with van der Waals surface area (Å²) in [6.45, 7) is 11.8. The second kappa shape index (κ2) is 8.75. The van der Waals surface area contributed by atoms with Crippen molar-refractivity contribution in [2.24, 2.45) is 0 Å². The Bertz CT molecular complexity index is 1070. The van der Waals surface area contributed by atoms with Gasteiger partial charge in [0.2, 0.25) is 0 Å². The van der Waals surface area contributed by atoms with Gasteiger partial charge in [0.05, 0.1) is 17.7 Å². The van der Waals surface area contributed by atoms with Crippen LogP contribution < -0.4 is 0 Å². The van der Waals surface area contributed by atoms with Crippen molar-refractivity contribution in [3.05, 3.63) is 64.3 Å². The lowest BCUT2D eigenvalue weighted by Gasteiger charge is -2.29. The van der Waals surface area contributed by atoms with Gasteiger partial charge in [-0.05, 0) is 82.5 Å². The molecule has 0 fully saturated rings. The zero-order valence-corrected chi connectivity index (χ0v) is 19.1. The predicted molar refractivity (Wildman–Crippen MR) is 122 cm³/mol. The zero-order valence-electron chi connectivity index (χ0n) is 18.4. The first-order valence-electron chi connectivity index (χ1n) is 10.1. The molecule has 1 aromatic heterocycles. The average Bonchev–Trinajstić information content (AvgIpc) is 2.65. The molecule has 4 nitrogen and oxygen atoms in total. The van der Waals surface area contributed by atoms with Crippen LogP contribution in [0.25, 0.3) is 22.0 Å². The summed E-state index contributed by atoms with van der Waals surface area (Å²) in [6.07, 6.45) is -0.860. The van der Waals surface area contributed by atoms with Crippen LogP contribution in [0.5, 0.6) is 0 Å². The number of carbonyl (C=O) groups excluding carboxylic acids is 1. The Kier molecular flexibility index (Phi) is 6.49. The van der Waals surface area contributed by atoms with Crippen molar-refractivity contribution >= 4 is 28.5 Å². The summed E-state index contributed by atoms with van der Waals surface area (Å²) in [6, 6.07) is 13.6. The van der Waals surface area contributed by atoms with Crippen molar-refractivity contribution in [1.29, 1.82) is 0 Å². The summed E-state index contributed by atoms with van der Waals surface area (Å²) in [5.74, 6) is -0.398. The van der Waals surface area contributed by atoms with Gasteiger partial charge in [0.1, 0.15) is 0 Å². The van der Waals surface area contributed by atoms with Crippen molar-refractivity contribution in [2.75, 3.05) is 6.61 Å². The third-order valence-corrected chi connectivity index (χ3v) is 5.00. The van der Waals surface area contributed by atoms with Crippen LogP contribution in [0.1, 0.15) is 50.6 Å². The third-order valence-electron chi connectivity index (χ3n) is 4.75. The minimum absolute atomic E-state index is 0.284. The molecule has 0 aliphatic heterocycles. The smallest absolute Gasteiger partial charge is 0.339 e. The van der Waals surface area contributed by atoms with Gasteiger partial charge in [0.15, 0.2) is 6.10 Å². The second-order valence-corrected chi connectivity index (χ2v) is 8.81. The maximum Gasteiger partial charge on any atom is 0.339 e. The van der Waals surface area contributed by atoms with E-state index in [1.165, 1.54) is 0 Å². The quantitative estimate of drug-likeness (QED) is 0.432. The molecule has 0 aliphatic rings. The van der Waals surface area contributed by atoms with Crippen LogP contribution in [0.2, 0.25) is 5.02 Å². The van der Waals surface area contributed by atoms with Crippen LogP contribution >= 0.6 is 11.6 Å². The van der Waals surface area contributed by atoms with E-state index >= 15 is 0 Å². The molecule has 0 radical (unpaired) electrons. The van der Waals surface area contributed by atoms with E-state index in [4.69, 9.17) is 26.1 Å². The fourth-order valence-corrected chi connectivity index (χ4v) is 3.71. The van der Waals surface area contributed by atoms with Gasteiger partial charge in [0, 0.05) is 21.7 Å². The predicted octanol–water partition coefficient (Wildman–Crippen LogP) is 6.59. The molecule has 2 aromatic carbocycles. The van der Waals surface area contributed by atoms with Gasteiger partial charge in [-0.2, -0.15) is 0 Å². The molecule has 0 saturated carbocycles. The lowest BCUT2D eigenvalue weighted by atomic mass is 9.88. The highest BCUT2D eigenvalue weighted by Gasteiger charge is 2.32. The first kappa shape index (κ1) is 22.3. The Balaban J connectivity index is 2.37. The first-order valence-corrected chi connectivity index (χ1v) is 10.5. The molecular formula is C25H28ClNO3. The highest BCUT2D eigenvalue weighted by atomic mass is 35.5. The van der Waals surface area contributed by atoms with E-state index in [0.29, 0.717) is 5.02 Å². The molecular weight excluding hydrogens is 398 g/mol. The number of aromatic nitrogens is 1. The molecule has 1 heterocycles. The molecule has 3 rings (SSSR count). The molecule has 1 atom stereocenters. The molecule has 0 bridgehead atoms. The van der Waals surface area contributed by atoms with Crippen LogP contribution in [-0.4, -0.2) is 23.2 Å². The number of pyridine rings is 1. The fourth-order valence-electron chi connectivity index (χ4n) is 3.59. The molecule has 0 amide bonds. The molecule has 5 heteroatoms. The number of ether oxygens (including phenoxy) is 2. The normalized spacial score (nSPS) is 12.8. The number of hydrogen-bond donors (Lipinski definition) is 0. The van der Waals surface area contributed by atoms with E-state index < -0.39 is 17.7 Å². The standard InChI is InChI=1S/C25H28ClNO3/c1-7-29-24(28)23(30-25(4,5)6)21-15(2)14-20-19(13-8-16(3)27-20)22(21)17-9-11-18(26)12-10-17/h8-14,23H,7H2,1-6H3. The van der Waals surface area contributed by atoms with Gasteiger partial charge in [-0.1, -0.05) is 29.8 Å². The molecule has 1 unspecified atom stereocenters. The minimum atomic E-state index is -0.860. The van der Waals surface area contributed by atoms with Crippen LogP contribution in [0.15, 0.2) is 42.5 Å². The topological polar surface area (TPSA) is 48.4 Å². The summed E-state index contributed by atoms with van der Waals surface area (Å²) in [5, 5.41) is 1.61. The SMILES string of the molecule is CCOC(=O)C(OC(C)(C)C)c1c(C)cc2nc(C)ccc2c1-c1ccc(Cl)cc1. The van der Waals surface area contributed by atoms with Gasteiger partial charge < -0.3 is 9.47 Å². The zero-order chi connectivity index (χ0) is 22.1. The highest BCUT2D eigenvalue weighted by Crippen LogP contribution is 2.40. The van der Waals surface area contributed by atoms with Crippen molar-refractivity contribution in [1.82, 2.24) is 4.98 Å². The maximum atomic E-state index is 13.0. The molecule has 158 valence electrons. The Morgan fingerprint density at radius 3 is 2.37 bits per heavy atom. The highest BCUT2D eigenvalue weighted by molar-refractivity contribution is 6.30. The Morgan fingerprint density at radius 2 is 1.77 bits per heavy atom. The van der Waals surface area contributed by atoms with E-state index in [2.05, 4.69) is 0 Å². The lowest BCUT2D eigenvalue weighted by Crippen LogP contribution is -2.29. The van der Waals surface area contributed by atoms with Crippen molar-refractivity contribution < 1.29 is 14.3 Å². The van der Waals surface area contributed by atoms with E-state index in [9.17, 15) is 4.79 Å². The van der Waals surface area contributed by atoms with Gasteiger partial charge in [0.25, 0.3) is 0 Å². The van der Waals surface area contributed by atoms with E-state index in [-0.39, 0.29) is 6.61 Å². The summed E-state index contributed by atoms with van der Waals surface area (Å²) >= 11 is 6.14. The van der Waals surface area contributed by atoms with E-state index in [0.717, 1.165) is 38.9 Å². The molecule has 0 spiro atoms. The molecule has 3 aromatic rings. The molecule has 0 N–H and O–H groups in total. The maximum absolute atomic E-state index is 13.0. The number of benzene rings is 2. The van der Waals surface area contributed by atoms with Crippen LogP contribution in [0.4, 0.5) is 0 Å². The Hall–Kier alpha value is -2.43. The number of nitrogens with zero attached hydrogens (tertiary/aromatic N) is 1. The second-order valence-electron chi connectivity index (χ2n) is 8.37. The number of fused-ring (bicyclic) bond motifs is 1. The van der Waals surface area contributed by atoms with Crippen LogP contribution in [-0.2, 0) is 14.3 Å². The van der Waals surface area contributed by atoms with Crippen molar-refractivity contribution in [2.45, 2.75) is 53.2 Å². The Labute approximate surface area is 183 Å². The van der Waals surface area contributed by atoms with E-state index in [1.807, 2.05) is 77.1 Å². The summed E-state index contributed by atoms with van der Waals surface area (Å²) in [4.78, 5) is 17.7. The molecule has 0 aliphatic carbocycles. The van der Waals surface area contributed by atoms with Gasteiger partial charge in [-0.15, -0.1) is 0 Å². The summed E-state index contributed by atoms with van der Waals surface area (Å²) < 4.78 is 11.7. The fraction of sp³-hybridized carbons (Fsp3) is 0.360. The third kappa shape index (κ3) is 4.82. The van der Waals surface area contributed by atoms with Crippen LogP contribution in [0, 0.1) is 13.8 Å². The van der Waals surface area contributed by atoms with Gasteiger partial charge in [-0.25, -0.2) is 4.79 Å². The van der Waals surface area contributed by atoms with Crippen molar-refractivity contribution in [3.8, 4) is 11.1 Å². The molecule has 30 heavy (non-hydrogen) atoms. The first-order chi connectivity index (χ1) is 14.1. The van der Waals surface area contributed by atoms with E-state index in [1.54, 1.807) is 6.92 Å². The minimum Gasteiger partial charge on any atom is -0.464 e. The van der Waals surface area contributed by atoms with Crippen molar-refractivity contribution in [3.63, 3.8) is 0 Å². The number of aryl methyl sites for hydroxylation is 2. The van der Waals surface area contributed by atoms with Crippen LogP contribution in [0.3, 0.4) is 0 Å². The number of carbonyl (C=O) groups is 1.